The maximum absolute atomic E-state index is 12.3. The van der Waals surface area contributed by atoms with Gasteiger partial charge in [-0.05, 0) is 25.1 Å². The minimum absolute atomic E-state index is 0.0774. The minimum Gasteiger partial charge on any atom is -0.467 e. The number of ether oxygens (including phenoxy) is 3. The van der Waals surface area contributed by atoms with Crippen LogP contribution in [0.2, 0.25) is 0 Å². The summed E-state index contributed by atoms with van der Waals surface area (Å²) in [6, 6.07) is 10.5. The van der Waals surface area contributed by atoms with Gasteiger partial charge >= 0.3 is 0 Å². The molecule has 136 valence electrons. The Morgan fingerprint density at radius 1 is 1.15 bits per heavy atom. The normalized spacial score (nSPS) is 12.0. The number of ketones is 1. The molecular weight excluding hydrogens is 350 g/mol. The average Bonchev–Trinajstić information content (AvgIpc) is 3.13. The molecule has 0 saturated carbocycles. The molecule has 0 fully saturated rings. The standard InChI is InChI=1S/C19H15N3O5/c1-11(23)13-6-16-17(27-10-26-16)7-15(13)22-18(24)8-25-19-12-4-2-3-5-14(12)20-9-21-19/h2-7,9H,8,10H2,1H3,(H,22,24). The minimum atomic E-state index is -0.431. The molecule has 0 radical (unpaired) electrons. The van der Waals surface area contributed by atoms with Crippen molar-refractivity contribution in [3.63, 3.8) is 0 Å². The van der Waals surface area contributed by atoms with Crippen LogP contribution in [0, 0.1) is 0 Å². The van der Waals surface area contributed by atoms with Crippen LogP contribution in [0.15, 0.2) is 42.7 Å². The first-order chi connectivity index (χ1) is 13.1. The number of rotatable bonds is 5. The molecule has 0 bridgehead atoms. The first kappa shape index (κ1) is 16.8. The molecule has 0 aliphatic carbocycles. The van der Waals surface area contributed by atoms with Gasteiger partial charge in [0, 0.05) is 11.6 Å². The van der Waals surface area contributed by atoms with Crippen LogP contribution in [0.5, 0.6) is 17.4 Å². The molecule has 3 aromatic rings. The van der Waals surface area contributed by atoms with Crippen molar-refractivity contribution in [2.45, 2.75) is 6.92 Å². The summed E-state index contributed by atoms with van der Waals surface area (Å²) < 4.78 is 16.1. The van der Waals surface area contributed by atoms with Crippen LogP contribution >= 0.6 is 0 Å². The summed E-state index contributed by atoms with van der Waals surface area (Å²) in [4.78, 5) is 32.4. The highest BCUT2D eigenvalue weighted by Crippen LogP contribution is 2.37. The maximum atomic E-state index is 12.3. The number of carbonyl (C=O) groups is 2. The Labute approximate surface area is 154 Å². The molecule has 0 spiro atoms. The van der Waals surface area contributed by atoms with E-state index in [-0.39, 0.29) is 19.2 Å². The van der Waals surface area contributed by atoms with Crippen molar-refractivity contribution in [1.82, 2.24) is 9.97 Å². The van der Waals surface area contributed by atoms with Crippen LogP contribution in [0.3, 0.4) is 0 Å². The number of Topliss-reactive ketones (excluding diaryl/α,β-unsaturated/α-hetero) is 1. The van der Waals surface area contributed by atoms with Gasteiger partial charge in [0.05, 0.1) is 16.6 Å². The Balaban J connectivity index is 1.51. The molecule has 0 saturated heterocycles. The van der Waals surface area contributed by atoms with E-state index in [2.05, 4.69) is 15.3 Å². The number of amides is 1. The molecule has 2 heterocycles. The lowest BCUT2D eigenvalue weighted by atomic mass is 10.1. The third kappa shape index (κ3) is 3.37. The average molecular weight is 365 g/mol. The largest absolute Gasteiger partial charge is 0.467 e. The zero-order valence-corrected chi connectivity index (χ0v) is 14.4. The van der Waals surface area contributed by atoms with Crippen molar-refractivity contribution in [2.75, 3.05) is 18.7 Å². The van der Waals surface area contributed by atoms with E-state index < -0.39 is 5.91 Å². The van der Waals surface area contributed by atoms with E-state index in [1.165, 1.54) is 13.3 Å². The first-order valence-electron chi connectivity index (χ1n) is 8.19. The second kappa shape index (κ2) is 6.91. The molecule has 27 heavy (non-hydrogen) atoms. The summed E-state index contributed by atoms with van der Waals surface area (Å²) in [6.45, 7) is 1.22. The summed E-state index contributed by atoms with van der Waals surface area (Å²) in [7, 11) is 0. The van der Waals surface area contributed by atoms with Crippen molar-refractivity contribution >= 4 is 28.3 Å². The Kier molecular flexibility index (Phi) is 4.29. The van der Waals surface area contributed by atoms with Gasteiger partial charge in [0.25, 0.3) is 5.91 Å². The Morgan fingerprint density at radius 3 is 2.74 bits per heavy atom. The molecule has 0 atom stereocenters. The third-order valence-corrected chi connectivity index (χ3v) is 4.01. The third-order valence-electron chi connectivity index (χ3n) is 4.01. The summed E-state index contributed by atoms with van der Waals surface area (Å²) in [5.74, 6) is 0.624. The van der Waals surface area contributed by atoms with Gasteiger partial charge in [-0.2, -0.15) is 0 Å². The van der Waals surface area contributed by atoms with Crippen LogP contribution in [-0.2, 0) is 4.79 Å². The quantitative estimate of drug-likeness (QED) is 0.694. The highest BCUT2D eigenvalue weighted by atomic mass is 16.7. The molecule has 2 aromatic carbocycles. The van der Waals surface area contributed by atoms with Crippen molar-refractivity contribution < 1.29 is 23.8 Å². The second-order valence-corrected chi connectivity index (χ2v) is 5.84. The number of nitrogens with zero attached hydrogens (tertiary/aromatic N) is 2. The fraction of sp³-hybridized carbons (Fsp3) is 0.158. The number of fused-ring (bicyclic) bond motifs is 2. The van der Waals surface area contributed by atoms with E-state index in [4.69, 9.17) is 14.2 Å². The molecule has 8 heteroatoms. The highest BCUT2D eigenvalue weighted by Gasteiger charge is 2.20. The van der Waals surface area contributed by atoms with Crippen molar-refractivity contribution in [3.8, 4) is 17.4 Å². The van der Waals surface area contributed by atoms with E-state index in [0.29, 0.717) is 34.0 Å². The van der Waals surface area contributed by atoms with E-state index in [1.54, 1.807) is 12.1 Å². The molecule has 1 aliphatic heterocycles. The number of anilines is 1. The zero-order chi connectivity index (χ0) is 18.8. The fourth-order valence-corrected chi connectivity index (χ4v) is 2.75. The Morgan fingerprint density at radius 2 is 1.93 bits per heavy atom. The smallest absolute Gasteiger partial charge is 0.262 e. The first-order valence-corrected chi connectivity index (χ1v) is 8.19. The maximum Gasteiger partial charge on any atom is 0.262 e. The van der Waals surface area contributed by atoms with Crippen molar-refractivity contribution in [2.24, 2.45) is 0 Å². The van der Waals surface area contributed by atoms with Crippen LogP contribution in [0.25, 0.3) is 10.9 Å². The van der Waals surface area contributed by atoms with Gasteiger partial charge in [-0.25, -0.2) is 9.97 Å². The van der Waals surface area contributed by atoms with Crippen molar-refractivity contribution in [1.29, 1.82) is 0 Å². The molecule has 1 aromatic heterocycles. The SMILES string of the molecule is CC(=O)c1cc2c(cc1NC(=O)COc1ncnc3ccccc13)OCO2. The van der Waals surface area contributed by atoms with Crippen LogP contribution in [-0.4, -0.2) is 35.1 Å². The number of hydrogen-bond acceptors (Lipinski definition) is 7. The van der Waals surface area contributed by atoms with Crippen LogP contribution in [0.4, 0.5) is 5.69 Å². The molecule has 1 amide bonds. The summed E-state index contributed by atoms with van der Waals surface area (Å²) in [6.07, 6.45) is 1.38. The fourth-order valence-electron chi connectivity index (χ4n) is 2.75. The van der Waals surface area contributed by atoms with Gasteiger partial charge < -0.3 is 19.5 Å². The molecule has 1 N–H and O–H groups in total. The second-order valence-electron chi connectivity index (χ2n) is 5.84. The summed E-state index contributed by atoms with van der Waals surface area (Å²) in [5.41, 5.74) is 1.39. The number of para-hydroxylation sites is 1. The Bertz CT molecular complexity index is 1050. The predicted molar refractivity (Wildman–Crippen MR) is 96.2 cm³/mol. The lowest BCUT2D eigenvalue weighted by Crippen LogP contribution is -2.21. The number of carbonyl (C=O) groups excluding carboxylic acids is 2. The molecule has 4 rings (SSSR count). The number of hydrogen-bond donors (Lipinski definition) is 1. The van der Waals surface area contributed by atoms with E-state index in [0.717, 1.165) is 5.52 Å². The lowest BCUT2D eigenvalue weighted by Gasteiger charge is -2.11. The van der Waals surface area contributed by atoms with Crippen LogP contribution in [0.1, 0.15) is 17.3 Å². The topological polar surface area (TPSA) is 99.6 Å². The molecule has 8 nitrogen and oxygen atoms in total. The van der Waals surface area contributed by atoms with E-state index in [9.17, 15) is 9.59 Å². The van der Waals surface area contributed by atoms with Gasteiger partial charge in [0.2, 0.25) is 12.7 Å². The Hall–Kier alpha value is -3.68. The van der Waals surface area contributed by atoms with E-state index in [1.807, 2.05) is 24.3 Å². The van der Waals surface area contributed by atoms with Gasteiger partial charge in [-0.1, -0.05) is 12.1 Å². The van der Waals surface area contributed by atoms with E-state index >= 15 is 0 Å². The van der Waals surface area contributed by atoms with Crippen molar-refractivity contribution in [3.05, 3.63) is 48.3 Å². The number of benzene rings is 2. The zero-order valence-electron chi connectivity index (χ0n) is 14.4. The number of nitrogens with one attached hydrogen (secondary N) is 1. The molecule has 1 aliphatic rings. The van der Waals surface area contributed by atoms with Gasteiger partial charge in [0.15, 0.2) is 23.9 Å². The van der Waals surface area contributed by atoms with Gasteiger partial charge in [0.1, 0.15) is 6.33 Å². The monoisotopic (exact) mass is 365 g/mol. The summed E-state index contributed by atoms with van der Waals surface area (Å²) in [5, 5.41) is 3.38. The van der Waals surface area contributed by atoms with Gasteiger partial charge in [-0.3, -0.25) is 9.59 Å². The predicted octanol–water partition coefficient (Wildman–Crippen LogP) is 2.58. The molecule has 0 unspecified atom stereocenters. The number of aromatic nitrogens is 2. The summed E-state index contributed by atoms with van der Waals surface area (Å²) >= 11 is 0. The van der Waals surface area contributed by atoms with Crippen LogP contribution < -0.4 is 19.5 Å². The molecular formula is C19H15N3O5. The lowest BCUT2D eigenvalue weighted by molar-refractivity contribution is -0.118. The highest BCUT2D eigenvalue weighted by molar-refractivity contribution is 6.05. The van der Waals surface area contributed by atoms with Gasteiger partial charge in [-0.15, -0.1) is 0 Å².